The molecule has 0 aliphatic carbocycles. The molecule has 0 amide bonds. The second-order valence-corrected chi connectivity index (χ2v) is 1.87. The summed E-state index contributed by atoms with van der Waals surface area (Å²) in [6, 6.07) is 8.55. The van der Waals surface area contributed by atoms with Crippen LogP contribution in [-0.2, 0) is 0 Å². The molecule has 0 fully saturated rings. The molecule has 1 aromatic rings. The number of ether oxygens (including phenoxy) is 1. The van der Waals surface area contributed by atoms with Crippen molar-refractivity contribution in [3.8, 4) is 5.75 Å². The van der Waals surface area contributed by atoms with Gasteiger partial charge in [-0.15, -0.1) is 12.1 Å². The van der Waals surface area contributed by atoms with E-state index in [4.69, 9.17) is 0 Å². The molecule has 1 rings (SSSR count). The summed E-state index contributed by atoms with van der Waals surface area (Å²) < 4.78 is 4.66. The number of rotatable bonds is 1. The van der Waals surface area contributed by atoms with Gasteiger partial charge in [-0.25, -0.2) is 0 Å². The number of hydrogen-bond donors (Lipinski definition) is 0. The fourth-order valence-corrected chi connectivity index (χ4v) is 0.578. The minimum atomic E-state index is 0. The van der Waals surface area contributed by atoms with E-state index in [-0.39, 0.29) is 31.1 Å². The van der Waals surface area contributed by atoms with Gasteiger partial charge in [-0.1, -0.05) is 6.92 Å². The first-order valence-electron chi connectivity index (χ1n) is 2.73. The van der Waals surface area contributed by atoms with E-state index >= 15 is 0 Å². The van der Waals surface area contributed by atoms with Crippen molar-refractivity contribution in [3.05, 3.63) is 36.9 Å². The Morgan fingerprint density at radius 1 is 1.50 bits per heavy atom. The summed E-state index contributed by atoms with van der Waals surface area (Å²) in [5, 5.41) is 0. The van der Waals surface area contributed by atoms with Crippen LogP contribution >= 0.6 is 0 Å². The molecule has 0 N–H and O–H groups in total. The molecule has 10 heavy (non-hydrogen) atoms. The van der Waals surface area contributed by atoms with Gasteiger partial charge in [0.05, 0.1) is 0 Å². The number of hydrogen-bond acceptors (Lipinski definition) is 1. The van der Waals surface area contributed by atoms with Crippen LogP contribution in [0.25, 0.3) is 0 Å². The Morgan fingerprint density at radius 3 is 2.60 bits per heavy atom. The third kappa shape index (κ3) is 2.77. The quantitative estimate of drug-likeness (QED) is 0.698. The maximum absolute atomic E-state index is 4.66. The van der Waals surface area contributed by atoms with Crippen molar-refractivity contribution in [3.63, 3.8) is 0 Å². The Morgan fingerprint density at radius 2 is 2.20 bits per heavy atom. The summed E-state index contributed by atoms with van der Waals surface area (Å²) in [6.45, 7) is 2.00. The SMILES string of the molecule is [CH2-]Oc1[c-]cc(C)cc1.[U+2]. The molecule has 1 aromatic carbocycles. The average Bonchev–Trinajstić information content (AvgIpc) is 1.90. The third-order valence-electron chi connectivity index (χ3n) is 1.10. The molecule has 0 bridgehead atoms. The molecule has 0 heterocycles. The van der Waals surface area contributed by atoms with Crippen LogP contribution in [0, 0.1) is 51.2 Å². The summed E-state index contributed by atoms with van der Waals surface area (Å²) in [4.78, 5) is 0. The predicted molar refractivity (Wildman–Crippen MR) is 36.0 cm³/mol. The summed E-state index contributed by atoms with van der Waals surface area (Å²) in [5.74, 6) is 0.681. The molecular weight excluding hydrogens is 350 g/mol. The van der Waals surface area contributed by atoms with E-state index in [2.05, 4.69) is 17.9 Å². The van der Waals surface area contributed by atoms with E-state index in [1.54, 1.807) is 0 Å². The molecule has 0 aliphatic heterocycles. The molecule has 0 aromatic heterocycles. The minimum absolute atomic E-state index is 0. The summed E-state index contributed by atoms with van der Waals surface area (Å²) in [7, 11) is 3.25. The minimum Gasteiger partial charge on any atom is -0.683 e. The van der Waals surface area contributed by atoms with E-state index in [9.17, 15) is 0 Å². The Balaban J connectivity index is 0.000000810. The van der Waals surface area contributed by atoms with Crippen LogP contribution in [0.5, 0.6) is 5.75 Å². The van der Waals surface area contributed by atoms with Gasteiger partial charge in [0.15, 0.2) is 0 Å². The van der Waals surface area contributed by atoms with Gasteiger partial charge >= 0.3 is 31.1 Å². The van der Waals surface area contributed by atoms with Crippen LogP contribution in [0.1, 0.15) is 5.56 Å². The average molecular weight is 358 g/mol. The topological polar surface area (TPSA) is 9.23 Å². The van der Waals surface area contributed by atoms with Crippen LogP contribution < -0.4 is 4.74 Å². The van der Waals surface area contributed by atoms with Crippen LogP contribution in [0.3, 0.4) is 0 Å². The fourth-order valence-electron chi connectivity index (χ4n) is 0.578. The van der Waals surface area contributed by atoms with Crippen molar-refractivity contribution in [1.82, 2.24) is 0 Å². The number of aryl methyl sites for hydroxylation is 1. The first kappa shape index (κ1) is 10.1. The maximum atomic E-state index is 4.66. The smallest absolute Gasteiger partial charge is 0.683 e. The van der Waals surface area contributed by atoms with Crippen molar-refractivity contribution >= 4 is 0 Å². The first-order valence-corrected chi connectivity index (χ1v) is 2.73. The molecule has 0 radical (unpaired) electrons. The Kier molecular flexibility index (Phi) is 4.86. The zero-order valence-electron chi connectivity index (χ0n) is 5.85. The van der Waals surface area contributed by atoms with Crippen molar-refractivity contribution in [2.24, 2.45) is 0 Å². The van der Waals surface area contributed by atoms with E-state index < -0.39 is 0 Å². The third-order valence-corrected chi connectivity index (χ3v) is 1.10. The number of benzene rings is 1. The van der Waals surface area contributed by atoms with Gasteiger partial charge in [0.1, 0.15) is 0 Å². The molecule has 0 saturated carbocycles. The van der Waals surface area contributed by atoms with Crippen LogP contribution in [0.4, 0.5) is 0 Å². The van der Waals surface area contributed by atoms with E-state index in [1.165, 1.54) is 5.56 Å². The fraction of sp³-hybridized carbons (Fsp3) is 0.125. The van der Waals surface area contributed by atoms with E-state index in [1.807, 2.05) is 25.1 Å². The van der Waals surface area contributed by atoms with E-state index in [0.29, 0.717) is 5.75 Å². The summed E-state index contributed by atoms with van der Waals surface area (Å²) in [6.07, 6.45) is 0. The van der Waals surface area contributed by atoms with Crippen molar-refractivity contribution in [2.75, 3.05) is 0 Å². The molecule has 0 spiro atoms. The van der Waals surface area contributed by atoms with Crippen LogP contribution in [0.2, 0.25) is 0 Å². The summed E-state index contributed by atoms with van der Waals surface area (Å²) >= 11 is 0. The largest absolute Gasteiger partial charge is 2.00 e. The standard InChI is InChI=1S/C8H8O.U/c1-7-3-5-8(9-2)6-4-7;/h3-5H,2H2,1H3;/q-2;+2. The van der Waals surface area contributed by atoms with Gasteiger partial charge in [0.25, 0.3) is 0 Å². The second-order valence-electron chi connectivity index (χ2n) is 1.87. The Bertz CT molecular complexity index is 181. The second kappa shape index (κ2) is 4.82. The molecule has 0 aliphatic rings. The van der Waals surface area contributed by atoms with E-state index in [0.717, 1.165) is 0 Å². The van der Waals surface area contributed by atoms with Gasteiger partial charge in [-0.2, -0.15) is 24.8 Å². The predicted octanol–water partition coefficient (Wildman–Crippen LogP) is 1.97. The molecule has 0 saturated heterocycles. The molecule has 0 atom stereocenters. The van der Waals surface area contributed by atoms with Gasteiger partial charge in [0.2, 0.25) is 0 Å². The maximum Gasteiger partial charge on any atom is 2.00 e. The Hall–Kier alpha value is 0.0719. The molecule has 2 heteroatoms. The molecule has 50 valence electrons. The van der Waals surface area contributed by atoms with Gasteiger partial charge < -0.3 is 4.74 Å². The molecule has 0 unspecified atom stereocenters. The normalized spacial score (nSPS) is 8.20. The van der Waals surface area contributed by atoms with Crippen molar-refractivity contribution < 1.29 is 35.9 Å². The molecular formula is C8H8OU. The van der Waals surface area contributed by atoms with Gasteiger partial charge in [-0.05, 0) is 5.75 Å². The van der Waals surface area contributed by atoms with Gasteiger partial charge in [0, 0.05) is 0 Å². The monoisotopic (exact) mass is 358 g/mol. The van der Waals surface area contributed by atoms with Crippen LogP contribution in [-0.4, -0.2) is 0 Å². The Labute approximate surface area is 85.2 Å². The van der Waals surface area contributed by atoms with Crippen molar-refractivity contribution in [2.45, 2.75) is 6.92 Å². The van der Waals surface area contributed by atoms with Crippen LogP contribution in [0.15, 0.2) is 18.2 Å². The van der Waals surface area contributed by atoms with Crippen molar-refractivity contribution in [1.29, 1.82) is 0 Å². The zero-order chi connectivity index (χ0) is 6.69. The van der Waals surface area contributed by atoms with Gasteiger partial charge in [-0.3, -0.25) is 0 Å². The zero-order valence-corrected chi connectivity index (χ0v) is 10.0. The first-order chi connectivity index (χ1) is 4.33. The summed E-state index contributed by atoms with van der Waals surface area (Å²) in [5.41, 5.74) is 1.18. The molecule has 1 nitrogen and oxygen atoms in total.